The molecule has 0 spiro atoms. The average molecular weight is 657 g/mol. The van der Waals surface area contributed by atoms with Crippen molar-refractivity contribution in [2.24, 2.45) is 5.10 Å². The van der Waals surface area contributed by atoms with Crippen LogP contribution >= 0.6 is 23.4 Å². The molecule has 0 radical (unpaired) electrons. The average Bonchev–Trinajstić information content (AvgIpc) is 3.87. The summed E-state index contributed by atoms with van der Waals surface area (Å²) in [7, 11) is 3.23. The smallest absolute Gasteiger partial charge is 0.287 e. The van der Waals surface area contributed by atoms with Crippen LogP contribution in [0.5, 0.6) is 11.5 Å². The van der Waals surface area contributed by atoms with Crippen LogP contribution in [0, 0.1) is 0 Å². The maximum absolute atomic E-state index is 13.9. The Labute approximate surface area is 274 Å². The molecule has 0 aliphatic carbocycles. The molecule has 0 saturated carbocycles. The number of nitrogens with one attached hydrogen (secondary N) is 1. The minimum atomic E-state index is -0.390. The summed E-state index contributed by atoms with van der Waals surface area (Å²) in [6.45, 7) is 0.0642. The van der Waals surface area contributed by atoms with Gasteiger partial charge in [-0.05, 0) is 77.9 Å². The van der Waals surface area contributed by atoms with Gasteiger partial charge < -0.3 is 19.2 Å². The first kappa shape index (κ1) is 30.9. The molecule has 13 heteroatoms. The van der Waals surface area contributed by atoms with Crippen molar-refractivity contribution >= 4 is 40.9 Å². The number of halogens is 1. The van der Waals surface area contributed by atoms with Gasteiger partial charge in [-0.25, -0.2) is 5.01 Å². The molecule has 46 heavy (non-hydrogen) atoms. The van der Waals surface area contributed by atoms with Crippen molar-refractivity contribution in [2.45, 2.75) is 24.2 Å². The molecule has 6 rings (SSSR count). The van der Waals surface area contributed by atoms with E-state index in [2.05, 4.69) is 15.5 Å². The number of carbonyl (C=O) groups excluding carboxylic acids is 2. The SMILES string of the molecule is COc1ccc(C2=NN(C(=O)CSc3nnc(CNC(=O)c4ccco4)n3-c3cccc(Cl)c3)C(c3ccc(OC)cc3)C2)cc1. The van der Waals surface area contributed by atoms with E-state index in [4.69, 9.17) is 30.6 Å². The zero-order valence-electron chi connectivity index (χ0n) is 24.9. The first-order valence-corrected chi connectivity index (χ1v) is 15.6. The van der Waals surface area contributed by atoms with Crippen LogP contribution in [0.2, 0.25) is 5.02 Å². The third-order valence-electron chi connectivity index (χ3n) is 7.33. The van der Waals surface area contributed by atoms with E-state index >= 15 is 0 Å². The quantitative estimate of drug-likeness (QED) is 0.174. The highest BCUT2D eigenvalue weighted by Crippen LogP contribution is 2.35. The predicted octanol–water partition coefficient (Wildman–Crippen LogP) is 5.93. The first-order chi connectivity index (χ1) is 22.4. The Morgan fingerprint density at radius 2 is 1.72 bits per heavy atom. The van der Waals surface area contributed by atoms with Crippen molar-refractivity contribution < 1.29 is 23.5 Å². The lowest BCUT2D eigenvalue weighted by atomic mass is 9.98. The van der Waals surface area contributed by atoms with Crippen molar-refractivity contribution in [1.29, 1.82) is 0 Å². The number of hydrogen-bond donors (Lipinski definition) is 1. The van der Waals surface area contributed by atoms with Gasteiger partial charge in [-0.2, -0.15) is 5.10 Å². The van der Waals surface area contributed by atoms with E-state index in [0.717, 1.165) is 28.3 Å². The van der Waals surface area contributed by atoms with Crippen LogP contribution in [-0.4, -0.2) is 57.3 Å². The lowest BCUT2D eigenvalue weighted by Crippen LogP contribution is -2.28. The third-order valence-corrected chi connectivity index (χ3v) is 8.48. The van der Waals surface area contributed by atoms with Crippen LogP contribution in [0.15, 0.2) is 106 Å². The van der Waals surface area contributed by atoms with Crippen LogP contribution in [0.4, 0.5) is 0 Å². The van der Waals surface area contributed by atoms with Crippen LogP contribution in [0.1, 0.15) is 40.0 Å². The van der Waals surface area contributed by atoms with E-state index < -0.39 is 0 Å². The van der Waals surface area contributed by atoms with Crippen LogP contribution in [0.3, 0.4) is 0 Å². The standard InChI is InChI=1S/C33H29ClN6O5S/c1-43-25-12-8-21(9-13-25)27-18-28(22-10-14-26(44-2)15-11-22)40(38-27)31(41)20-46-33-37-36-30(19-35-32(42)29-7-4-16-45-29)39(33)24-6-3-5-23(34)17-24/h3-17,28H,18-20H2,1-2H3,(H,35,42). The van der Waals surface area contributed by atoms with Crippen molar-refractivity contribution in [3.8, 4) is 17.2 Å². The number of hydrazone groups is 1. The van der Waals surface area contributed by atoms with Gasteiger partial charge in [0.25, 0.3) is 11.8 Å². The molecule has 0 fully saturated rings. The van der Waals surface area contributed by atoms with E-state index in [1.54, 1.807) is 48.1 Å². The maximum atomic E-state index is 13.9. The molecule has 3 heterocycles. The number of furan rings is 1. The Kier molecular flexibility index (Phi) is 9.36. The minimum absolute atomic E-state index is 0.0313. The Morgan fingerprint density at radius 3 is 2.39 bits per heavy atom. The molecule has 1 N–H and O–H groups in total. The van der Waals surface area contributed by atoms with Gasteiger partial charge in [0, 0.05) is 11.4 Å². The number of hydrogen-bond acceptors (Lipinski definition) is 9. The maximum Gasteiger partial charge on any atom is 0.287 e. The van der Waals surface area contributed by atoms with E-state index in [0.29, 0.717) is 28.1 Å². The molecule has 1 aliphatic rings. The van der Waals surface area contributed by atoms with E-state index in [1.807, 2.05) is 60.7 Å². The number of rotatable bonds is 11. The number of benzene rings is 3. The molecule has 1 aliphatic heterocycles. The van der Waals surface area contributed by atoms with Crippen molar-refractivity contribution in [3.63, 3.8) is 0 Å². The van der Waals surface area contributed by atoms with Crippen molar-refractivity contribution in [2.75, 3.05) is 20.0 Å². The zero-order chi connectivity index (χ0) is 32.0. The number of methoxy groups -OCH3 is 2. The van der Waals surface area contributed by atoms with Crippen LogP contribution < -0.4 is 14.8 Å². The minimum Gasteiger partial charge on any atom is -0.497 e. The van der Waals surface area contributed by atoms with Gasteiger partial charge in [0.15, 0.2) is 16.7 Å². The molecule has 1 unspecified atom stereocenters. The van der Waals surface area contributed by atoms with E-state index in [-0.39, 0.29) is 35.9 Å². The molecule has 11 nitrogen and oxygen atoms in total. The number of aromatic nitrogens is 3. The lowest BCUT2D eigenvalue weighted by Gasteiger charge is -2.22. The van der Waals surface area contributed by atoms with Crippen LogP contribution in [0.25, 0.3) is 5.69 Å². The molecule has 3 aromatic carbocycles. The molecule has 234 valence electrons. The Bertz CT molecular complexity index is 1860. The summed E-state index contributed by atoms with van der Waals surface area (Å²) in [4.78, 5) is 26.4. The molecule has 5 aromatic rings. The fourth-order valence-electron chi connectivity index (χ4n) is 5.01. The van der Waals surface area contributed by atoms with Gasteiger partial charge in [0.05, 0.1) is 50.2 Å². The number of ether oxygens (including phenoxy) is 2. The molecule has 0 bridgehead atoms. The fourth-order valence-corrected chi connectivity index (χ4v) is 6.02. The van der Waals surface area contributed by atoms with Crippen molar-refractivity contribution in [3.05, 3.63) is 119 Å². The van der Waals surface area contributed by atoms with Gasteiger partial charge in [0.2, 0.25) is 0 Å². The number of thioether (sulfide) groups is 1. The fraction of sp³-hybridized carbons (Fsp3) is 0.182. The van der Waals surface area contributed by atoms with Gasteiger partial charge in [-0.1, -0.05) is 41.6 Å². The van der Waals surface area contributed by atoms with Crippen LogP contribution in [-0.2, 0) is 11.3 Å². The zero-order valence-corrected chi connectivity index (χ0v) is 26.5. The summed E-state index contributed by atoms with van der Waals surface area (Å²) in [6.07, 6.45) is 1.96. The highest BCUT2D eigenvalue weighted by Gasteiger charge is 2.33. The molecule has 0 saturated heterocycles. The second-order valence-corrected chi connectivity index (χ2v) is 11.5. The summed E-state index contributed by atoms with van der Waals surface area (Å²) < 4.78 is 17.6. The summed E-state index contributed by atoms with van der Waals surface area (Å²) in [5.74, 6) is 1.53. The summed E-state index contributed by atoms with van der Waals surface area (Å²) >= 11 is 7.53. The monoisotopic (exact) mass is 656 g/mol. The second kappa shape index (κ2) is 13.9. The third kappa shape index (κ3) is 6.77. The predicted molar refractivity (Wildman–Crippen MR) is 174 cm³/mol. The topological polar surface area (TPSA) is 124 Å². The van der Waals surface area contributed by atoms with Gasteiger partial charge in [-0.15, -0.1) is 10.2 Å². The lowest BCUT2D eigenvalue weighted by molar-refractivity contribution is -0.130. The Hall–Kier alpha value is -5.07. The molecular weight excluding hydrogens is 628 g/mol. The van der Waals surface area contributed by atoms with E-state index in [1.165, 1.54) is 18.0 Å². The van der Waals surface area contributed by atoms with Gasteiger partial charge >= 0.3 is 0 Å². The van der Waals surface area contributed by atoms with Gasteiger partial charge in [-0.3, -0.25) is 14.2 Å². The molecule has 2 aromatic heterocycles. The normalized spacial score (nSPS) is 14.2. The highest BCUT2D eigenvalue weighted by molar-refractivity contribution is 7.99. The number of nitrogens with zero attached hydrogens (tertiary/aromatic N) is 5. The Morgan fingerprint density at radius 1 is 0.978 bits per heavy atom. The summed E-state index contributed by atoms with van der Waals surface area (Å²) in [5, 5.41) is 18.8. The largest absolute Gasteiger partial charge is 0.497 e. The second-order valence-electron chi connectivity index (χ2n) is 10.2. The first-order valence-electron chi connectivity index (χ1n) is 14.3. The molecular formula is C33H29ClN6O5S. The van der Waals surface area contributed by atoms with Gasteiger partial charge in [0.1, 0.15) is 11.5 Å². The van der Waals surface area contributed by atoms with E-state index in [9.17, 15) is 9.59 Å². The Balaban J connectivity index is 1.25. The number of amides is 2. The molecule has 1 atom stereocenters. The summed E-state index contributed by atoms with van der Waals surface area (Å²) in [6, 6.07) is 25.3. The number of carbonyl (C=O) groups is 2. The van der Waals surface area contributed by atoms with Crippen molar-refractivity contribution in [1.82, 2.24) is 25.1 Å². The molecule has 2 amide bonds. The highest BCUT2D eigenvalue weighted by atomic mass is 35.5. The summed E-state index contributed by atoms with van der Waals surface area (Å²) in [5.41, 5.74) is 3.32.